The smallest absolute Gasteiger partial charge is 0.239 e. The summed E-state index contributed by atoms with van der Waals surface area (Å²) in [6.45, 7) is 0.303. The van der Waals surface area contributed by atoms with Crippen LogP contribution in [0.2, 0.25) is 0 Å². The molecule has 0 heterocycles. The highest BCUT2D eigenvalue weighted by atomic mass is 16.1. The van der Waals surface area contributed by atoms with Crippen molar-refractivity contribution in [2.75, 3.05) is 25.5 Å². The zero-order valence-electron chi connectivity index (χ0n) is 8.86. The van der Waals surface area contributed by atoms with Crippen molar-refractivity contribution in [1.29, 1.82) is 0 Å². The van der Waals surface area contributed by atoms with E-state index in [1.54, 1.807) is 19.2 Å². The van der Waals surface area contributed by atoms with Gasteiger partial charge in [-0.05, 0) is 24.3 Å². The second-order valence-electron chi connectivity index (χ2n) is 3.24. The second-order valence-corrected chi connectivity index (χ2v) is 3.24. The summed E-state index contributed by atoms with van der Waals surface area (Å²) in [6.07, 6.45) is 0.794. The first-order valence-corrected chi connectivity index (χ1v) is 4.64. The van der Waals surface area contributed by atoms with Crippen LogP contribution in [0.3, 0.4) is 0 Å². The van der Waals surface area contributed by atoms with Crippen LogP contribution in [0.1, 0.15) is 10.4 Å². The molecule has 1 amide bonds. The minimum absolute atomic E-state index is 0.0445. The molecule has 4 heteroatoms. The molecule has 0 saturated heterocycles. The normalized spacial score (nSPS) is 9.47. The van der Waals surface area contributed by atoms with Crippen LogP contribution >= 0.6 is 0 Å². The summed E-state index contributed by atoms with van der Waals surface area (Å²) in [5.41, 5.74) is 1.54. The number of amides is 1. The van der Waals surface area contributed by atoms with E-state index < -0.39 is 0 Å². The summed E-state index contributed by atoms with van der Waals surface area (Å²) in [6, 6.07) is 7.07. The molecule has 15 heavy (non-hydrogen) atoms. The third-order valence-electron chi connectivity index (χ3n) is 2.13. The van der Waals surface area contributed by atoms with Gasteiger partial charge in [-0.25, -0.2) is 0 Å². The van der Waals surface area contributed by atoms with Crippen LogP contribution in [0.15, 0.2) is 24.3 Å². The summed E-state index contributed by atoms with van der Waals surface area (Å²) in [5, 5.41) is 2.55. The van der Waals surface area contributed by atoms with Gasteiger partial charge in [0.05, 0.1) is 6.54 Å². The van der Waals surface area contributed by atoms with E-state index >= 15 is 0 Å². The molecule has 0 radical (unpaired) electrons. The number of benzene rings is 1. The molecule has 0 bridgehead atoms. The van der Waals surface area contributed by atoms with Crippen molar-refractivity contribution in [3.8, 4) is 0 Å². The van der Waals surface area contributed by atoms with Crippen molar-refractivity contribution in [1.82, 2.24) is 5.32 Å². The Hall–Kier alpha value is -1.84. The first kappa shape index (κ1) is 11.2. The molecule has 0 aliphatic heterocycles. The summed E-state index contributed by atoms with van der Waals surface area (Å²) in [4.78, 5) is 23.4. The monoisotopic (exact) mass is 206 g/mol. The van der Waals surface area contributed by atoms with Crippen molar-refractivity contribution in [2.24, 2.45) is 0 Å². The largest absolute Gasteiger partial charge is 0.365 e. The van der Waals surface area contributed by atoms with Gasteiger partial charge in [-0.3, -0.25) is 9.59 Å². The molecule has 0 fully saturated rings. The van der Waals surface area contributed by atoms with Crippen molar-refractivity contribution in [3.05, 3.63) is 29.8 Å². The van der Waals surface area contributed by atoms with E-state index in [2.05, 4.69) is 5.32 Å². The van der Waals surface area contributed by atoms with Gasteiger partial charge in [0.2, 0.25) is 5.91 Å². The molecule has 1 N–H and O–H groups in total. The number of nitrogens with zero attached hydrogens (tertiary/aromatic N) is 1. The van der Waals surface area contributed by atoms with Gasteiger partial charge in [0.25, 0.3) is 0 Å². The number of carbonyl (C=O) groups excluding carboxylic acids is 2. The number of hydrogen-bond donors (Lipinski definition) is 1. The van der Waals surface area contributed by atoms with Gasteiger partial charge in [0.15, 0.2) is 0 Å². The topological polar surface area (TPSA) is 49.4 Å². The predicted molar refractivity (Wildman–Crippen MR) is 59.2 cm³/mol. The Morgan fingerprint density at radius 3 is 2.47 bits per heavy atom. The number of nitrogens with one attached hydrogen (secondary N) is 1. The Balaban J connectivity index is 2.69. The third-order valence-corrected chi connectivity index (χ3v) is 2.13. The predicted octanol–water partition coefficient (Wildman–Crippen LogP) is 0.681. The van der Waals surface area contributed by atoms with Crippen LogP contribution in [0.5, 0.6) is 0 Å². The quantitative estimate of drug-likeness (QED) is 0.737. The van der Waals surface area contributed by atoms with Crippen LogP contribution in [0.4, 0.5) is 5.69 Å². The second kappa shape index (κ2) is 5.14. The molecule has 0 atom stereocenters. The number of rotatable bonds is 4. The third kappa shape index (κ3) is 3.09. The molecular formula is C11H14N2O2. The summed E-state index contributed by atoms with van der Waals surface area (Å²) in [7, 11) is 3.43. The lowest BCUT2D eigenvalue weighted by molar-refractivity contribution is -0.119. The van der Waals surface area contributed by atoms with E-state index in [4.69, 9.17) is 0 Å². The van der Waals surface area contributed by atoms with E-state index in [0.717, 1.165) is 12.0 Å². The lowest BCUT2D eigenvalue weighted by Gasteiger charge is -2.17. The fourth-order valence-electron chi connectivity index (χ4n) is 1.19. The van der Waals surface area contributed by atoms with Crippen LogP contribution in [-0.2, 0) is 4.79 Å². The Labute approximate surface area is 88.9 Å². The highest BCUT2D eigenvalue weighted by Gasteiger charge is 2.04. The highest BCUT2D eigenvalue weighted by molar-refractivity contribution is 5.81. The summed E-state index contributed by atoms with van der Waals surface area (Å²) >= 11 is 0. The van der Waals surface area contributed by atoms with Crippen molar-refractivity contribution < 1.29 is 9.59 Å². The molecule has 1 aromatic carbocycles. The number of likely N-dealkylation sites (N-methyl/N-ethyl adjacent to an activating group) is 2. The molecule has 0 unspecified atom stereocenters. The number of carbonyl (C=O) groups is 2. The Bertz CT molecular complexity index is 346. The molecule has 1 rings (SSSR count). The van der Waals surface area contributed by atoms with Gasteiger partial charge in [0, 0.05) is 25.3 Å². The Morgan fingerprint density at radius 2 is 2.00 bits per heavy atom. The van der Waals surface area contributed by atoms with Gasteiger partial charge in [-0.2, -0.15) is 0 Å². The zero-order valence-corrected chi connectivity index (χ0v) is 8.86. The first-order valence-electron chi connectivity index (χ1n) is 4.64. The van der Waals surface area contributed by atoms with Crippen molar-refractivity contribution >= 4 is 17.9 Å². The van der Waals surface area contributed by atoms with E-state index in [0.29, 0.717) is 12.1 Å². The van der Waals surface area contributed by atoms with Crippen LogP contribution in [0, 0.1) is 0 Å². The Kier molecular flexibility index (Phi) is 3.85. The summed E-state index contributed by atoms with van der Waals surface area (Å²) < 4.78 is 0. The van der Waals surface area contributed by atoms with E-state index in [1.165, 1.54) is 0 Å². The van der Waals surface area contributed by atoms with E-state index in [9.17, 15) is 9.59 Å². The molecule has 1 aromatic rings. The fraction of sp³-hybridized carbons (Fsp3) is 0.273. The van der Waals surface area contributed by atoms with Crippen LogP contribution < -0.4 is 10.2 Å². The molecule has 80 valence electrons. The standard InChI is InChI=1S/C11H14N2O2/c1-12-11(15)7-13(2)10-5-3-9(8-14)4-6-10/h3-6,8H,7H2,1-2H3,(H,12,15). The van der Waals surface area contributed by atoms with Crippen LogP contribution in [0.25, 0.3) is 0 Å². The van der Waals surface area contributed by atoms with Crippen LogP contribution in [-0.4, -0.2) is 32.8 Å². The van der Waals surface area contributed by atoms with Crippen molar-refractivity contribution in [3.63, 3.8) is 0 Å². The average molecular weight is 206 g/mol. The van der Waals surface area contributed by atoms with Gasteiger partial charge >= 0.3 is 0 Å². The molecule has 0 aliphatic rings. The molecular weight excluding hydrogens is 192 g/mol. The first-order chi connectivity index (χ1) is 7.17. The summed E-state index contributed by atoms with van der Waals surface area (Å²) in [5.74, 6) is -0.0445. The fourth-order valence-corrected chi connectivity index (χ4v) is 1.19. The SMILES string of the molecule is CNC(=O)CN(C)c1ccc(C=O)cc1. The van der Waals surface area contributed by atoms with Gasteiger partial charge < -0.3 is 10.2 Å². The van der Waals surface area contributed by atoms with Crippen molar-refractivity contribution in [2.45, 2.75) is 0 Å². The molecule has 0 saturated carbocycles. The van der Waals surface area contributed by atoms with E-state index in [1.807, 2.05) is 24.1 Å². The lowest BCUT2D eigenvalue weighted by atomic mass is 10.2. The molecule has 4 nitrogen and oxygen atoms in total. The molecule has 0 spiro atoms. The minimum atomic E-state index is -0.0445. The maximum absolute atomic E-state index is 11.1. The highest BCUT2D eigenvalue weighted by Crippen LogP contribution is 2.12. The van der Waals surface area contributed by atoms with Gasteiger partial charge in [-0.15, -0.1) is 0 Å². The number of anilines is 1. The average Bonchev–Trinajstić information content (AvgIpc) is 2.29. The molecule has 0 aliphatic carbocycles. The van der Waals surface area contributed by atoms with E-state index in [-0.39, 0.29) is 5.91 Å². The maximum atomic E-state index is 11.1. The molecule has 0 aromatic heterocycles. The Morgan fingerprint density at radius 1 is 1.40 bits per heavy atom. The lowest BCUT2D eigenvalue weighted by Crippen LogP contribution is -2.32. The minimum Gasteiger partial charge on any atom is -0.365 e. The maximum Gasteiger partial charge on any atom is 0.239 e. The van der Waals surface area contributed by atoms with Gasteiger partial charge in [0.1, 0.15) is 6.29 Å². The van der Waals surface area contributed by atoms with Gasteiger partial charge in [-0.1, -0.05) is 0 Å². The number of hydrogen-bond acceptors (Lipinski definition) is 3. The zero-order chi connectivity index (χ0) is 11.3. The number of aldehydes is 1.